The van der Waals surface area contributed by atoms with E-state index in [1.165, 1.54) is 19.3 Å². The summed E-state index contributed by atoms with van der Waals surface area (Å²) in [6.45, 7) is 4.41. The van der Waals surface area contributed by atoms with Gasteiger partial charge in [-0.1, -0.05) is 6.92 Å². The maximum absolute atomic E-state index is 13.3. The van der Waals surface area contributed by atoms with E-state index in [-0.39, 0.29) is 17.2 Å². The fourth-order valence-electron chi connectivity index (χ4n) is 6.45. The number of amides is 2. The van der Waals surface area contributed by atoms with Gasteiger partial charge in [-0.25, -0.2) is 0 Å². The van der Waals surface area contributed by atoms with Crippen molar-refractivity contribution in [2.45, 2.75) is 64.7 Å². The lowest BCUT2D eigenvalue weighted by Crippen LogP contribution is -2.56. The van der Waals surface area contributed by atoms with Gasteiger partial charge in [-0.2, -0.15) is 0 Å². The van der Waals surface area contributed by atoms with E-state index in [0.717, 1.165) is 75.9 Å². The molecular formula is C20H32N2O2. The molecule has 4 nitrogen and oxygen atoms in total. The molecule has 1 N–H and O–H groups in total. The summed E-state index contributed by atoms with van der Waals surface area (Å²) in [6, 6.07) is 0. The Bertz CT molecular complexity index is 472. The summed E-state index contributed by atoms with van der Waals surface area (Å²) in [5, 5.41) is 3.01. The van der Waals surface area contributed by atoms with Crippen molar-refractivity contribution in [3.05, 3.63) is 0 Å². The van der Waals surface area contributed by atoms with Gasteiger partial charge in [-0.15, -0.1) is 0 Å². The number of carbonyl (C=O) groups is 2. The largest absolute Gasteiger partial charge is 0.356 e. The standard InChI is InChI=1S/C20H32N2O2/c1-2-5-21-18(23)17-3-6-22(7-4-17)19(24)20-11-14-8-15(12-20)10-16(9-14)13-20/h14-17H,2-13H2,1H3,(H,21,23). The smallest absolute Gasteiger partial charge is 0.228 e. The van der Waals surface area contributed by atoms with Gasteiger partial charge >= 0.3 is 0 Å². The Balaban J connectivity index is 1.36. The van der Waals surface area contributed by atoms with Crippen molar-refractivity contribution < 1.29 is 9.59 Å². The highest BCUT2D eigenvalue weighted by Gasteiger charge is 2.55. The van der Waals surface area contributed by atoms with E-state index < -0.39 is 0 Å². The van der Waals surface area contributed by atoms with Crippen molar-refractivity contribution in [3.8, 4) is 0 Å². The van der Waals surface area contributed by atoms with Crippen LogP contribution in [0.25, 0.3) is 0 Å². The summed E-state index contributed by atoms with van der Waals surface area (Å²) < 4.78 is 0. The molecule has 134 valence electrons. The van der Waals surface area contributed by atoms with Crippen molar-refractivity contribution in [1.82, 2.24) is 10.2 Å². The number of nitrogens with one attached hydrogen (secondary N) is 1. The molecule has 4 heteroatoms. The minimum Gasteiger partial charge on any atom is -0.356 e. The predicted molar refractivity (Wildman–Crippen MR) is 93.2 cm³/mol. The van der Waals surface area contributed by atoms with E-state index in [9.17, 15) is 9.59 Å². The summed E-state index contributed by atoms with van der Waals surface area (Å²) in [5.41, 5.74) is -0.0218. The fourth-order valence-corrected chi connectivity index (χ4v) is 6.45. The molecule has 4 aliphatic carbocycles. The number of piperidine rings is 1. The molecule has 0 unspecified atom stereocenters. The first kappa shape index (κ1) is 16.4. The van der Waals surface area contributed by atoms with E-state index >= 15 is 0 Å². The van der Waals surface area contributed by atoms with Gasteiger partial charge in [0.1, 0.15) is 0 Å². The second-order valence-corrected chi connectivity index (χ2v) is 9.06. The molecule has 0 radical (unpaired) electrons. The molecule has 0 aromatic heterocycles. The van der Waals surface area contributed by atoms with Crippen molar-refractivity contribution in [2.75, 3.05) is 19.6 Å². The molecule has 2 amide bonds. The first-order chi connectivity index (χ1) is 11.6. The number of rotatable bonds is 4. The van der Waals surface area contributed by atoms with Crippen LogP contribution >= 0.6 is 0 Å². The molecule has 24 heavy (non-hydrogen) atoms. The zero-order chi connectivity index (χ0) is 16.7. The third-order valence-corrected chi connectivity index (χ3v) is 7.19. The van der Waals surface area contributed by atoms with Crippen LogP contribution < -0.4 is 5.32 Å². The molecule has 1 aliphatic heterocycles. The SMILES string of the molecule is CCCNC(=O)C1CCN(C(=O)C23CC4CC(CC(C4)C2)C3)CC1. The Labute approximate surface area is 145 Å². The van der Waals surface area contributed by atoms with Crippen molar-refractivity contribution in [2.24, 2.45) is 29.1 Å². The van der Waals surface area contributed by atoms with E-state index in [4.69, 9.17) is 0 Å². The summed E-state index contributed by atoms with van der Waals surface area (Å²) in [6.07, 6.45) is 10.2. The Hall–Kier alpha value is -1.06. The van der Waals surface area contributed by atoms with E-state index in [1.807, 2.05) is 0 Å². The van der Waals surface area contributed by atoms with Crippen LogP contribution in [0.1, 0.15) is 64.7 Å². The maximum atomic E-state index is 13.3. The minimum absolute atomic E-state index is 0.0218. The van der Waals surface area contributed by atoms with Gasteiger partial charge in [0.2, 0.25) is 11.8 Å². The predicted octanol–water partition coefficient (Wildman–Crippen LogP) is 2.97. The van der Waals surface area contributed by atoms with Gasteiger partial charge in [0, 0.05) is 25.6 Å². The first-order valence-corrected chi connectivity index (χ1v) is 10.2. The van der Waals surface area contributed by atoms with Crippen LogP contribution in [0, 0.1) is 29.1 Å². The molecule has 0 atom stereocenters. The van der Waals surface area contributed by atoms with Crippen LogP contribution in [0.2, 0.25) is 0 Å². The molecule has 5 fully saturated rings. The number of carbonyl (C=O) groups excluding carboxylic acids is 2. The van der Waals surface area contributed by atoms with Gasteiger partial charge in [0.25, 0.3) is 0 Å². The Morgan fingerprint density at radius 1 is 1.00 bits per heavy atom. The van der Waals surface area contributed by atoms with Crippen LogP contribution in [-0.4, -0.2) is 36.3 Å². The van der Waals surface area contributed by atoms with E-state index in [1.54, 1.807) is 0 Å². The molecule has 5 aliphatic rings. The third-order valence-electron chi connectivity index (χ3n) is 7.19. The first-order valence-electron chi connectivity index (χ1n) is 10.2. The van der Waals surface area contributed by atoms with E-state index in [2.05, 4.69) is 17.1 Å². The number of nitrogens with zero attached hydrogens (tertiary/aromatic N) is 1. The average Bonchev–Trinajstić information content (AvgIpc) is 2.58. The molecular weight excluding hydrogens is 300 g/mol. The maximum Gasteiger partial charge on any atom is 0.228 e. The molecule has 4 saturated carbocycles. The summed E-state index contributed by atoms with van der Waals surface area (Å²) >= 11 is 0. The Morgan fingerprint density at radius 2 is 1.54 bits per heavy atom. The summed E-state index contributed by atoms with van der Waals surface area (Å²) in [5.74, 6) is 3.19. The van der Waals surface area contributed by atoms with Crippen molar-refractivity contribution >= 4 is 11.8 Å². The zero-order valence-corrected chi connectivity index (χ0v) is 15.1. The van der Waals surface area contributed by atoms with Gasteiger partial charge < -0.3 is 10.2 Å². The fraction of sp³-hybridized carbons (Fsp3) is 0.900. The second kappa shape index (κ2) is 6.34. The van der Waals surface area contributed by atoms with Gasteiger partial charge in [-0.3, -0.25) is 9.59 Å². The Morgan fingerprint density at radius 3 is 2.04 bits per heavy atom. The third kappa shape index (κ3) is 2.86. The second-order valence-electron chi connectivity index (χ2n) is 9.06. The minimum atomic E-state index is -0.0218. The monoisotopic (exact) mass is 332 g/mol. The van der Waals surface area contributed by atoms with Crippen LogP contribution in [0.4, 0.5) is 0 Å². The van der Waals surface area contributed by atoms with Gasteiger partial charge in [-0.05, 0) is 75.5 Å². The normalized spacial score (nSPS) is 38.4. The van der Waals surface area contributed by atoms with Crippen LogP contribution in [0.5, 0.6) is 0 Å². The average molecular weight is 332 g/mol. The molecule has 1 saturated heterocycles. The zero-order valence-electron chi connectivity index (χ0n) is 15.1. The molecule has 4 bridgehead atoms. The van der Waals surface area contributed by atoms with E-state index in [0.29, 0.717) is 5.91 Å². The lowest BCUT2D eigenvalue weighted by atomic mass is 9.49. The number of likely N-dealkylation sites (tertiary alicyclic amines) is 1. The molecule has 1 heterocycles. The highest BCUT2D eigenvalue weighted by Crippen LogP contribution is 2.60. The van der Waals surface area contributed by atoms with Gasteiger partial charge in [0.05, 0.1) is 5.41 Å². The number of hydrogen-bond acceptors (Lipinski definition) is 2. The Kier molecular flexibility index (Phi) is 4.34. The molecule has 0 spiro atoms. The molecule has 5 rings (SSSR count). The molecule has 0 aromatic carbocycles. The van der Waals surface area contributed by atoms with Crippen molar-refractivity contribution in [1.29, 1.82) is 0 Å². The number of hydrogen-bond donors (Lipinski definition) is 1. The quantitative estimate of drug-likeness (QED) is 0.860. The lowest BCUT2D eigenvalue weighted by molar-refractivity contribution is -0.159. The lowest BCUT2D eigenvalue weighted by Gasteiger charge is -2.57. The highest BCUT2D eigenvalue weighted by atomic mass is 16.2. The highest BCUT2D eigenvalue weighted by molar-refractivity contribution is 5.84. The van der Waals surface area contributed by atoms with Crippen LogP contribution in [-0.2, 0) is 9.59 Å². The summed E-state index contributed by atoms with van der Waals surface area (Å²) in [4.78, 5) is 27.6. The van der Waals surface area contributed by atoms with Crippen molar-refractivity contribution in [3.63, 3.8) is 0 Å². The summed E-state index contributed by atoms with van der Waals surface area (Å²) in [7, 11) is 0. The topological polar surface area (TPSA) is 49.4 Å². The molecule has 0 aromatic rings. The van der Waals surface area contributed by atoms with Crippen LogP contribution in [0.15, 0.2) is 0 Å². The van der Waals surface area contributed by atoms with Gasteiger partial charge in [0.15, 0.2) is 0 Å². The van der Waals surface area contributed by atoms with Crippen LogP contribution in [0.3, 0.4) is 0 Å².